The summed E-state index contributed by atoms with van der Waals surface area (Å²) in [6.07, 6.45) is 0. The van der Waals surface area contributed by atoms with Crippen LogP contribution in [-0.2, 0) is 0 Å². The zero-order chi connectivity index (χ0) is 16.6. The maximum absolute atomic E-state index is 12.4. The second-order valence-electron chi connectivity index (χ2n) is 5.68. The predicted octanol–water partition coefficient (Wildman–Crippen LogP) is 4.00. The fourth-order valence-corrected chi connectivity index (χ4v) is 2.50. The Kier molecular flexibility index (Phi) is 3.74. The molecule has 116 valence electrons. The molecule has 4 heteroatoms. The van der Waals surface area contributed by atoms with Crippen molar-refractivity contribution in [1.82, 2.24) is 0 Å². The zero-order valence-corrected chi connectivity index (χ0v) is 12.9. The van der Waals surface area contributed by atoms with Crippen LogP contribution in [0.4, 0.5) is 0 Å². The Hall–Kier alpha value is -2.88. The summed E-state index contributed by atoms with van der Waals surface area (Å²) in [5.41, 5.74) is 0.610. The number of Topliss-reactive ketones (excluding diaryl/α,β-unsaturated/α-hetero) is 1. The van der Waals surface area contributed by atoms with Gasteiger partial charge in [0.05, 0.1) is 10.9 Å². The van der Waals surface area contributed by atoms with Gasteiger partial charge in [-0.2, -0.15) is 0 Å². The molecule has 3 rings (SSSR count). The molecule has 23 heavy (non-hydrogen) atoms. The average Bonchev–Trinajstić information content (AvgIpc) is 2.57. The summed E-state index contributed by atoms with van der Waals surface area (Å²) in [6.45, 7) is 3.58. The number of hydrogen-bond donors (Lipinski definition) is 1. The van der Waals surface area contributed by atoms with Gasteiger partial charge in [0.1, 0.15) is 5.58 Å². The van der Waals surface area contributed by atoms with Gasteiger partial charge in [0.2, 0.25) is 11.2 Å². The van der Waals surface area contributed by atoms with Gasteiger partial charge in [-0.25, -0.2) is 0 Å². The number of ketones is 1. The minimum atomic E-state index is -0.538. The Balaban J connectivity index is 2.37. The Bertz CT molecular complexity index is 937. The third kappa shape index (κ3) is 2.52. The van der Waals surface area contributed by atoms with Crippen molar-refractivity contribution in [1.29, 1.82) is 0 Å². The van der Waals surface area contributed by atoms with Crippen LogP contribution in [0.1, 0.15) is 24.2 Å². The van der Waals surface area contributed by atoms with Crippen LogP contribution in [0.15, 0.2) is 57.7 Å². The third-order valence-corrected chi connectivity index (χ3v) is 3.72. The average molecular weight is 308 g/mol. The predicted molar refractivity (Wildman–Crippen MR) is 88.8 cm³/mol. The molecule has 1 N–H and O–H groups in total. The molecule has 2 aromatic carbocycles. The van der Waals surface area contributed by atoms with E-state index in [9.17, 15) is 14.7 Å². The highest BCUT2D eigenvalue weighted by molar-refractivity contribution is 6.07. The molecule has 0 aliphatic rings. The molecule has 0 aliphatic heterocycles. The third-order valence-electron chi connectivity index (χ3n) is 3.72. The van der Waals surface area contributed by atoms with E-state index in [1.807, 2.05) is 6.07 Å². The second-order valence-corrected chi connectivity index (χ2v) is 5.68. The maximum atomic E-state index is 12.4. The van der Waals surface area contributed by atoms with E-state index < -0.39 is 11.2 Å². The first-order chi connectivity index (χ1) is 11.0. The fourth-order valence-electron chi connectivity index (χ4n) is 2.50. The lowest BCUT2D eigenvalue weighted by Crippen LogP contribution is -2.10. The topological polar surface area (TPSA) is 67.5 Å². The number of carbonyl (C=O) groups is 1. The lowest BCUT2D eigenvalue weighted by molar-refractivity contribution is 0.0940. The Morgan fingerprint density at radius 1 is 1.04 bits per heavy atom. The van der Waals surface area contributed by atoms with Gasteiger partial charge in [0, 0.05) is 11.5 Å². The van der Waals surface area contributed by atoms with Gasteiger partial charge in [-0.15, -0.1) is 0 Å². The standard InChI is InChI=1S/C19H16O4/c1-11(2)15(20)13-9-6-10-14-16(21)17(22)18(23-19(13)14)12-7-4-3-5-8-12/h3-11,22H,1-2H3. The van der Waals surface area contributed by atoms with E-state index in [0.717, 1.165) is 0 Å². The molecule has 0 bridgehead atoms. The summed E-state index contributed by atoms with van der Waals surface area (Å²) < 4.78 is 5.79. The van der Waals surface area contributed by atoms with E-state index in [0.29, 0.717) is 11.1 Å². The lowest BCUT2D eigenvalue weighted by Gasteiger charge is -2.10. The molecule has 0 radical (unpaired) electrons. The van der Waals surface area contributed by atoms with E-state index >= 15 is 0 Å². The lowest BCUT2D eigenvalue weighted by atomic mass is 9.98. The van der Waals surface area contributed by atoms with Gasteiger partial charge < -0.3 is 9.52 Å². The summed E-state index contributed by atoms with van der Waals surface area (Å²) in [5.74, 6) is -0.701. The van der Waals surface area contributed by atoms with E-state index in [-0.39, 0.29) is 28.4 Å². The molecule has 1 heterocycles. The van der Waals surface area contributed by atoms with Gasteiger partial charge >= 0.3 is 0 Å². The van der Waals surface area contributed by atoms with Gasteiger partial charge in [-0.3, -0.25) is 9.59 Å². The number of fused-ring (bicyclic) bond motifs is 1. The Morgan fingerprint density at radius 3 is 2.39 bits per heavy atom. The first kappa shape index (κ1) is 15.0. The first-order valence-corrected chi connectivity index (χ1v) is 7.39. The molecule has 0 spiro atoms. The van der Waals surface area contributed by atoms with Crippen molar-refractivity contribution in [3.05, 3.63) is 64.3 Å². The van der Waals surface area contributed by atoms with Crippen LogP contribution >= 0.6 is 0 Å². The summed E-state index contributed by atoms with van der Waals surface area (Å²) in [5, 5.41) is 10.4. The Labute approximate surface area is 133 Å². The fraction of sp³-hybridized carbons (Fsp3) is 0.158. The number of para-hydroxylation sites is 1. The molecular formula is C19H16O4. The van der Waals surface area contributed by atoms with Crippen molar-refractivity contribution in [2.24, 2.45) is 5.92 Å². The normalized spacial score (nSPS) is 11.1. The monoisotopic (exact) mass is 308 g/mol. The van der Waals surface area contributed by atoms with Gasteiger partial charge in [0.15, 0.2) is 11.5 Å². The molecule has 4 nitrogen and oxygen atoms in total. The van der Waals surface area contributed by atoms with Crippen LogP contribution < -0.4 is 5.43 Å². The minimum Gasteiger partial charge on any atom is -0.502 e. The van der Waals surface area contributed by atoms with Gasteiger partial charge in [0.25, 0.3) is 0 Å². The molecule has 0 fully saturated rings. The summed E-state index contributed by atoms with van der Waals surface area (Å²) >= 11 is 0. The van der Waals surface area contributed by atoms with Gasteiger partial charge in [-0.05, 0) is 12.1 Å². The van der Waals surface area contributed by atoms with E-state index in [1.54, 1.807) is 56.3 Å². The van der Waals surface area contributed by atoms with E-state index in [1.165, 1.54) is 0 Å². The van der Waals surface area contributed by atoms with Gasteiger partial charge in [-0.1, -0.05) is 50.2 Å². The smallest absolute Gasteiger partial charge is 0.235 e. The van der Waals surface area contributed by atoms with Crippen LogP contribution in [0.25, 0.3) is 22.3 Å². The molecule has 0 atom stereocenters. The highest BCUT2D eigenvalue weighted by Crippen LogP contribution is 2.31. The van der Waals surface area contributed by atoms with Crippen molar-refractivity contribution >= 4 is 16.8 Å². The van der Waals surface area contributed by atoms with Crippen LogP contribution in [0.3, 0.4) is 0 Å². The van der Waals surface area contributed by atoms with Crippen molar-refractivity contribution in [2.45, 2.75) is 13.8 Å². The molecular weight excluding hydrogens is 292 g/mol. The minimum absolute atomic E-state index is 0.0760. The number of hydrogen-bond acceptors (Lipinski definition) is 4. The Morgan fingerprint density at radius 2 is 1.74 bits per heavy atom. The molecule has 0 saturated heterocycles. The SMILES string of the molecule is CC(C)C(=O)c1cccc2c(=O)c(O)c(-c3ccccc3)oc12. The molecule has 0 saturated carbocycles. The van der Waals surface area contributed by atoms with E-state index in [4.69, 9.17) is 4.42 Å². The van der Waals surface area contributed by atoms with Crippen molar-refractivity contribution in [2.75, 3.05) is 0 Å². The second kappa shape index (κ2) is 5.72. The zero-order valence-electron chi connectivity index (χ0n) is 12.9. The van der Waals surface area contributed by atoms with Crippen LogP contribution in [-0.4, -0.2) is 10.9 Å². The summed E-state index contributed by atoms with van der Waals surface area (Å²) in [7, 11) is 0. The van der Waals surface area contributed by atoms with Crippen molar-refractivity contribution < 1.29 is 14.3 Å². The summed E-state index contributed by atoms with van der Waals surface area (Å²) in [6, 6.07) is 13.7. The van der Waals surface area contributed by atoms with Crippen LogP contribution in [0.5, 0.6) is 5.75 Å². The highest BCUT2D eigenvalue weighted by atomic mass is 16.4. The number of benzene rings is 2. The number of aromatic hydroxyl groups is 1. The first-order valence-electron chi connectivity index (χ1n) is 7.39. The number of rotatable bonds is 3. The van der Waals surface area contributed by atoms with Crippen molar-refractivity contribution in [3.8, 4) is 17.1 Å². The maximum Gasteiger partial charge on any atom is 0.235 e. The summed E-state index contributed by atoms with van der Waals surface area (Å²) in [4.78, 5) is 24.8. The molecule has 1 aromatic heterocycles. The highest BCUT2D eigenvalue weighted by Gasteiger charge is 2.20. The molecule has 0 unspecified atom stereocenters. The van der Waals surface area contributed by atoms with E-state index in [2.05, 4.69) is 0 Å². The van der Waals surface area contributed by atoms with Crippen LogP contribution in [0, 0.1) is 5.92 Å². The number of carbonyl (C=O) groups excluding carboxylic acids is 1. The van der Waals surface area contributed by atoms with Crippen molar-refractivity contribution in [3.63, 3.8) is 0 Å². The quantitative estimate of drug-likeness (QED) is 0.742. The van der Waals surface area contributed by atoms with Crippen LogP contribution in [0.2, 0.25) is 0 Å². The molecule has 0 amide bonds. The largest absolute Gasteiger partial charge is 0.502 e. The molecule has 3 aromatic rings. The molecule has 0 aliphatic carbocycles.